The predicted molar refractivity (Wildman–Crippen MR) is 69.2 cm³/mol. The third kappa shape index (κ3) is 2.61. The van der Waals surface area contributed by atoms with Crippen LogP contribution < -0.4 is 5.73 Å². The Balaban J connectivity index is 2.30. The van der Waals surface area contributed by atoms with Crippen LogP contribution in [0.4, 0.5) is 0 Å². The maximum absolute atomic E-state index is 6.17. The Bertz CT molecular complexity index is 561. The summed E-state index contributed by atoms with van der Waals surface area (Å²) >= 11 is 0. The van der Waals surface area contributed by atoms with Gasteiger partial charge in [-0.2, -0.15) is 0 Å². The highest BCUT2D eigenvalue weighted by Gasteiger charge is 2.10. The van der Waals surface area contributed by atoms with Crippen molar-refractivity contribution < 1.29 is 0 Å². The number of fused-ring (bicyclic) bond motifs is 1. The van der Waals surface area contributed by atoms with Crippen LogP contribution in [0.3, 0.4) is 0 Å². The van der Waals surface area contributed by atoms with Crippen molar-refractivity contribution in [2.45, 2.75) is 25.8 Å². The minimum absolute atomic E-state index is 0.0313. The summed E-state index contributed by atoms with van der Waals surface area (Å²) in [6.45, 7) is 1.84. The van der Waals surface area contributed by atoms with Crippen molar-refractivity contribution in [1.29, 1.82) is 0 Å². The normalized spacial score (nSPS) is 11.9. The molecule has 0 amide bonds. The van der Waals surface area contributed by atoms with E-state index in [2.05, 4.69) is 21.8 Å². The Kier molecular flexibility index (Phi) is 3.69. The molecule has 0 bridgehead atoms. The Morgan fingerprint density at radius 3 is 2.94 bits per heavy atom. The molecule has 3 heteroatoms. The summed E-state index contributed by atoms with van der Waals surface area (Å²) in [5.74, 6) is 5.91. The molecular weight excluding hydrogens is 210 g/mol. The molecule has 86 valence electrons. The van der Waals surface area contributed by atoms with Crippen LogP contribution in [0, 0.1) is 11.8 Å². The van der Waals surface area contributed by atoms with Crippen molar-refractivity contribution in [3.8, 4) is 11.8 Å². The summed E-state index contributed by atoms with van der Waals surface area (Å²) < 4.78 is 0. The maximum atomic E-state index is 6.17. The van der Waals surface area contributed by atoms with Gasteiger partial charge in [0.1, 0.15) is 0 Å². The zero-order valence-electron chi connectivity index (χ0n) is 9.85. The second-order valence-corrected chi connectivity index (χ2v) is 3.84. The van der Waals surface area contributed by atoms with Crippen LogP contribution in [-0.2, 0) is 0 Å². The molecule has 1 atom stereocenters. The van der Waals surface area contributed by atoms with Crippen molar-refractivity contribution in [1.82, 2.24) is 9.97 Å². The first-order valence-electron chi connectivity index (χ1n) is 5.67. The molecule has 0 fully saturated rings. The molecule has 2 N–H and O–H groups in total. The zero-order valence-corrected chi connectivity index (χ0v) is 9.85. The molecular formula is C14H15N3. The van der Waals surface area contributed by atoms with E-state index in [4.69, 9.17) is 5.73 Å². The number of nitrogens with zero attached hydrogens (tertiary/aromatic N) is 2. The first kappa shape index (κ1) is 11.6. The van der Waals surface area contributed by atoms with E-state index < -0.39 is 0 Å². The monoisotopic (exact) mass is 225 g/mol. The van der Waals surface area contributed by atoms with Crippen LogP contribution in [0.15, 0.2) is 30.6 Å². The molecule has 0 saturated carbocycles. The standard InChI is InChI=1S/C14H15N3/c1-2-3-4-7-12(15)11-6-5-8-13-14(11)17-10-9-16-13/h5-6,8-10,12H,4,7,15H2,1H3. The fraction of sp³-hybridized carbons (Fsp3) is 0.286. The Morgan fingerprint density at radius 1 is 1.29 bits per heavy atom. The number of nitrogens with two attached hydrogens (primary N) is 1. The van der Waals surface area contributed by atoms with Gasteiger partial charge in [-0.15, -0.1) is 11.8 Å². The lowest BCUT2D eigenvalue weighted by Crippen LogP contribution is -2.11. The minimum Gasteiger partial charge on any atom is -0.324 e. The minimum atomic E-state index is -0.0313. The van der Waals surface area contributed by atoms with Crippen LogP contribution in [-0.4, -0.2) is 9.97 Å². The van der Waals surface area contributed by atoms with Crippen molar-refractivity contribution in [3.05, 3.63) is 36.2 Å². The van der Waals surface area contributed by atoms with Gasteiger partial charge in [0.15, 0.2) is 0 Å². The topological polar surface area (TPSA) is 51.8 Å². The zero-order chi connectivity index (χ0) is 12.1. The van der Waals surface area contributed by atoms with Gasteiger partial charge >= 0.3 is 0 Å². The smallest absolute Gasteiger partial charge is 0.0934 e. The molecule has 1 unspecified atom stereocenters. The van der Waals surface area contributed by atoms with Crippen LogP contribution in [0.1, 0.15) is 31.4 Å². The first-order chi connectivity index (χ1) is 8.33. The summed E-state index contributed by atoms with van der Waals surface area (Å²) in [5.41, 5.74) is 9.00. The summed E-state index contributed by atoms with van der Waals surface area (Å²) in [5, 5.41) is 0. The van der Waals surface area contributed by atoms with E-state index in [9.17, 15) is 0 Å². The molecule has 0 aliphatic rings. The van der Waals surface area contributed by atoms with Crippen LogP contribution in [0.2, 0.25) is 0 Å². The van der Waals surface area contributed by atoms with Crippen LogP contribution >= 0.6 is 0 Å². The highest BCUT2D eigenvalue weighted by Crippen LogP contribution is 2.22. The Labute approximate surface area is 101 Å². The van der Waals surface area contributed by atoms with Gasteiger partial charge in [0.25, 0.3) is 0 Å². The van der Waals surface area contributed by atoms with Gasteiger partial charge in [-0.3, -0.25) is 9.97 Å². The second-order valence-electron chi connectivity index (χ2n) is 3.84. The lowest BCUT2D eigenvalue weighted by molar-refractivity contribution is 0.671. The second kappa shape index (κ2) is 5.42. The fourth-order valence-corrected chi connectivity index (χ4v) is 1.82. The average molecular weight is 225 g/mol. The molecule has 0 aliphatic heterocycles. The predicted octanol–water partition coefficient (Wildman–Crippen LogP) is 2.43. The molecule has 0 aliphatic carbocycles. The Morgan fingerprint density at radius 2 is 2.12 bits per heavy atom. The molecule has 0 radical (unpaired) electrons. The maximum Gasteiger partial charge on any atom is 0.0934 e. The summed E-state index contributed by atoms with van der Waals surface area (Å²) in [6.07, 6.45) is 5.05. The highest BCUT2D eigenvalue weighted by molar-refractivity contribution is 5.77. The van der Waals surface area contributed by atoms with Gasteiger partial charge in [-0.25, -0.2) is 0 Å². The van der Waals surface area contributed by atoms with Gasteiger partial charge in [0, 0.05) is 24.9 Å². The number of hydrogen-bond donors (Lipinski definition) is 1. The van der Waals surface area contributed by atoms with Crippen LogP contribution in [0.5, 0.6) is 0 Å². The first-order valence-corrected chi connectivity index (χ1v) is 5.67. The largest absolute Gasteiger partial charge is 0.324 e. The number of hydrogen-bond acceptors (Lipinski definition) is 3. The van der Waals surface area contributed by atoms with Crippen molar-refractivity contribution in [2.75, 3.05) is 0 Å². The van der Waals surface area contributed by atoms with E-state index in [1.807, 2.05) is 25.1 Å². The molecule has 1 aromatic heterocycles. The fourth-order valence-electron chi connectivity index (χ4n) is 1.82. The van der Waals surface area contributed by atoms with Gasteiger partial charge in [0.05, 0.1) is 11.0 Å². The molecule has 0 spiro atoms. The summed E-state index contributed by atoms with van der Waals surface area (Å²) in [6, 6.07) is 5.90. The van der Waals surface area contributed by atoms with Crippen molar-refractivity contribution >= 4 is 11.0 Å². The third-order valence-corrected chi connectivity index (χ3v) is 2.69. The summed E-state index contributed by atoms with van der Waals surface area (Å²) in [4.78, 5) is 8.63. The van der Waals surface area contributed by atoms with E-state index in [0.29, 0.717) is 0 Å². The molecule has 3 nitrogen and oxygen atoms in total. The van der Waals surface area contributed by atoms with Crippen molar-refractivity contribution in [3.63, 3.8) is 0 Å². The molecule has 1 aromatic carbocycles. The van der Waals surface area contributed by atoms with E-state index in [1.54, 1.807) is 12.4 Å². The number of rotatable bonds is 3. The highest BCUT2D eigenvalue weighted by atomic mass is 14.8. The SMILES string of the molecule is CC#CCCC(N)c1cccc2nccnc12. The molecule has 17 heavy (non-hydrogen) atoms. The van der Waals surface area contributed by atoms with Gasteiger partial charge < -0.3 is 5.73 Å². The number of benzene rings is 1. The van der Waals surface area contributed by atoms with E-state index in [1.165, 1.54) is 0 Å². The van der Waals surface area contributed by atoms with Gasteiger partial charge in [0.2, 0.25) is 0 Å². The number of para-hydroxylation sites is 1. The average Bonchev–Trinajstić information content (AvgIpc) is 2.38. The third-order valence-electron chi connectivity index (χ3n) is 2.69. The lowest BCUT2D eigenvalue weighted by Gasteiger charge is -2.12. The number of aromatic nitrogens is 2. The van der Waals surface area contributed by atoms with Gasteiger partial charge in [-0.1, -0.05) is 12.1 Å². The van der Waals surface area contributed by atoms with Gasteiger partial charge in [-0.05, 0) is 25.0 Å². The van der Waals surface area contributed by atoms with E-state index >= 15 is 0 Å². The lowest BCUT2D eigenvalue weighted by atomic mass is 10.0. The molecule has 0 saturated heterocycles. The molecule has 1 heterocycles. The molecule has 2 rings (SSSR count). The van der Waals surface area contributed by atoms with Crippen LogP contribution in [0.25, 0.3) is 11.0 Å². The van der Waals surface area contributed by atoms with E-state index in [0.717, 1.165) is 29.4 Å². The quantitative estimate of drug-likeness (QED) is 0.816. The van der Waals surface area contributed by atoms with E-state index in [-0.39, 0.29) is 6.04 Å². The van der Waals surface area contributed by atoms with Crippen molar-refractivity contribution in [2.24, 2.45) is 5.73 Å². The summed E-state index contributed by atoms with van der Waals surface area (Å²) in [7, 11) is 0. The molecule has 2 aromatic rings. The Hall–Kier alpha value is -1.92.